The minimum absolute atomic E-state index is 0.401. The molecule has 2 aliphatic rings. The maximum Gasteiger partial charge on any atom is 0.131 e. The van der Waals surface area contributed by atoms with Gasteiger partial charge in [-0.15, -0.1) is 0 Å². The van der Waals surface area contributed by atoms with E-state index in [0.717, 1.165) is 38.2 Å². The Balaban J connectivity index is 1.76. The van der Waals surface area contributed by atoms with Crippen LogP contribution in [0, 0.1) is 5.92 Å². The fraction of sp³-hybridized carbons (Fsp3) is 0.692. The molecule has 0 spiro atoms. The van der Waals surface area contributed by atoms with E-state index in [0.29, 0.717) is 5.92 Å². The SMILES string of the molecule is OC12CCCCC1CN(c1ccncn1)CC2. The van der Waals surface area contributed by atoms with E-state index in [4.69, 9.17) is 0 Å². The fourth-order valence-corrected chi connectivity index (χ4v) is 3.25. The Morgan fingerprint density at radius 2 is 2.29 bits per heavy atom. The molecule has 1 aliphatic carbocycles. The van der Waals surface area contributed by atoms with E-state index in [1.807, 2.05) is 6.07 Å². The average molecular weight is 233 g/mol. The van der Waals surface area contributed by atoms with Crippen LogP contribution in [-0.2, 0) is 0 Å². The highest BCUT2D eigenvalue weighted by atomic mass is 16.3. The zero-order valence-electron chi connectivity index (χ0n) is 10.0. The third kappa shape index (κ3) is 2.02. The third-order valence-corrected chi connectivity index (χ3v) is 4.32. The van der Waals surface area contributed by atoms with Crippen molar-refractivity contribution in [2.45, 2.75) is 37.7 Å². The van der Waals surface area contributed by atoms with Crippen LogP contribution < -0.4 is 4.90 Å². The molecule has 2 atom stereocenters. The number of nitrogens with zero attached hydrogens (tertiary/aromatic N) is 3. The molecular weight excluding hydrogens is 214 g/mol. The molecule has 1 N–H and O–H groups in total. The minimum Gasteiger partial charge on any atom is -0.389 e. The van der Waals surface area contributed by atoms with Crippen molar-refractivity contribution in [1.29, 1.82) is 0 Å². The van der Waals surface area contributed by atoms with Gasteiger partial charge in [0.05, 0.1) is 5.60 Å². The highest BCUT2D eigenvalue weighted by Crippen LogP contribution is 2.40. The zero-order valence-corrected chi connectivity index (χ0v) is 10.0. The topological polar surface area (TPSA) is 49.2 Å². The predicted molar refractivity (Wildman–Crippen MR) is 65.8 cm³/mol. The van der Waals surface area contributed by atoms with Gasteiger partial charge in [0.25, 0.3) is 0 Å². The Labute approximate surface area is 102 Å². The summed E-state index contributed by atoms with van der Waals surface area (Å²) in [7, 11) is 0. The van der Waals surface area contributed by atoms with Crippen molar-refractivity contribution < 1.29 is 5.11 Å². The first-order valence-corrected chi connectivity index (χ1v) is 6.51. The average Bonchev–Trinajstić information content (AvgIpc) is 2.39. The molecule has 0 amide bonds. The summed E-state index contributed by atoms with van der Waals surface area (Å²) < 4.78 is 0. The highest BCUT2D eigenvalue weighted by molar-refractivity contribution is 5.37. The molecular formula is C13H19N3O. The van der Waals surface area contributed by atoms with Crippen LogP contribution in [0.3, 0.4) is 0 Å². The van der Waals surface area contributed by atoms with Crippen LogP contribution in [0.25, 0.3) is 0 Å². The van der Waals surface area contributed by atoms with Crippen LogP contribution in [0.4, 0.5) is 5.82 Å². The molecule has 0 aromatic carbocycles. The molecule has 1 aliphatic heterocycles. The first-order valence-electron chi connectivity index (χ1n) is 6.51. The van der Waals surface area contributed by atoms with Gasteiger partial charge >= 0.3 is 0 Å². The summed E-state index contributed by atoms with van der Waals surface area (Å²) in [6, 6.07) is 1.95. The van der Waals surface area contributed by atoms with E-state index in [1.54, 1.807) is 12.5 Å². The molecule has 0 radical (unpaired) electrons. The lowest BCUT2D eigenvalue weighted by atomic mass is 9.71. The smallest absolute Gasteiger partial charge is 0.131 e. The monoisotopic (exact) mass is 233 g/mol. The summed E-state index contributed by atoms with van der Waals surface area (Å²) in [4.78, 5) is 10.5. The van der Waals surface area contributed by atoms with Crippen molar-refractivity contribution in [3.63, 3.8) is 0 Å². The Bertz CT molecular complexity index is 384. The number of aromatic nitrogens is 2. The van der Waals surface area contributed by atoms with Crippen molar-refractivity contribution in [2.24, 2.45) is 5.92 Å². The van der Waals surface area contributed by atoms with Crippen molar-refractivity contribution in [3.8, 4) is 0 Å². The number of hydrogen-bond donors (Lipinski definition) is 1. The van der Waals surface area contributed by atoms with Crippen LogP contribution >= 0.6 is 0 Å². The first kappa shape index (κ1) is 11.0. The lowest BCUT2D eigenvalue weighted by Crippen LogP contribution is -2.53. The van der Waals surface area contributed by atoms with Gasteiger partial charge in [-0.3, -0.25) is 0 Å². The molecule has 1 saturated carbocycles. The van der Waals surface area contributed by atoms with Crippen molar-refractivity contribution in [3.05, 3.63) is 18.6 Å². The molecule has 17 heavy (non-hydrogen) atoms. The van der Waals surface area contributed by atoms with Gasteiger partial charge in [0, 0.05) is 25.2 Å². The molecule has 0 bridgehead atoms. The maximum atomic E-state index is 10.6. The van der Waals surface area contributed by atoms with Crippen LogP contribution in [0.2, 0.25) is 0 Å². The molecule has 2 fully saturated rings. The summed E-state index contributed by atoms with van der Waals surface area (Å²) in [5.41, 5.74) is -0.401. The van der Waals surface area contributed by atoms with Gasteiger partial charge < -0.3 is 10.0 Å². The fourth-order valence-electron chi connectivity index (χ4n) is 3.25. The van der Waals surface area contributed by atoms with Gasteiger partial charge in [-0.25, -0.2) is 9.97 Å². The molecule has 1 aromatic heterocycles. The van der Waals surface area contributed by atoms with Crippen molar-refractivity contribution >= 4 is 5.82 Å². The second-order valence-corrected chi connectivity index (χ2v) is 5.31. The second kappa shape index (κ2) is 4.26. The quantitative estimate of drug-likeness (QED) is 0.800. The van der Waals surface area contributed by atoms with Gasteiger partial charge in [-0.2, -0.15) is 0 Å². The molecule has 4 nitrogen and oxygen atoms in total. The molecule has 3 rings (SSSR count). The standard InChI is InChI=1S/C13H19N3O/c17-13-5-2-1-3-11(13)9-16(8-6-13)12-4-7-14-10-15-12/h4,7,10-11,17H,1-3,5-6,8-9H2. The van der Waals surface area contributed by atoms with Gasteiger partial charge in [-0.1, -0.05) is 12.8 Å². The second-order valence-electron chi connectivity index (χ2n) is 5.31. The normalized spacial score (nSPS) is 33.2. The van der Waals surface area contributed by atoms with Gasteiger partial charge in [0.15, 0.2) is 0 Å². The molecule has 4 heteroatoms. The van der Waals surface area contributed by atoms with E-state index in [1.165, 1.54) is 12.8 Å². The van der Waals surface area contributed by atoms with Crippen LogP contribution in [-0.4, -0.2) is 33.8 Å². The summed E-state index contributed by atoms with van der Waals surface area (Å²) in [5.74, 6) is 1.41. The number of rotatable bonds is 1. The number of aliphatic hydroxyl groups is 1. The zero-order chi connectivity index (χ0) is 11.7. The van der Waals surface area contributed by atoms with Crippen LogP contribution in [0.15, 0.2) is 18.6 Å². The molecule has 1 saturated heterocycles. The number of anilines is 1. The molecule has 2 heterocycles. The Kier molecular flexibility index (Phi) is 2.74. The van der Waals surface area contributed by atoms with Crippen molar-refractivity contribution in [2.75, 3.05) is 18.0 Å². The van der Waals surface area contributed by atoms with E-state index in [2.05, 4.69) is 14.9 Å². The summed E-state index contributed by atoms with van der Waals surface area (Å²) in [5, 5.41) is 10.6. The van der Waals surface area contributed by atoms with Crippen LogP contribution in [0.5, 0.6) is 0 Å². The van der Waals surface area contributed by atoms with E-state index in [9.17, 15) is 5.11 Å². The van der Waals surface area contributed by atoms with E-state index >= 15 is 0 Å². The number of piperidine rings is 1. The Morgan fingerprint density at radius 3 is 3.12 bits per heavy atom. The third-order valence-electron chi connectivity index (χ3n) is 4.32. The lowest BCUT2D eigenvalue weighted by Gasteiger charge is -2.47. The highest BCUT2D eigenvalue weighted by Gasteiger charge is 2.42. The Morgan fingerprint density at radius 1 is 1.35 bits per heavy atom. The largest absolute Gasteiger partial charge is 0.389 e. The minimum atomic E-state index is -0.401. The molecule has 92 valence electrons. The van der Waals surface area contributed by atoms with E-state index < -0.39 is 5.60 Å². The maximum absolute atomic E-state index is 10.6. The predicted octanol–water partition coefficient (Wildman–Crippen LogP) is 1.61. The first-order chi connectivity index (χ1) is 8.28. The Hall–Kier alpha value is -1.16. The molecule has 1 aromatic rings. The number of hydrogen-bond acceptors (Lipinski definition) is 4. The van der Waals surface area contributed by atoms with Gasteiger partial charge in [0.2, 0.25) is 0 Å². The summed E-state index contributed by atoms with van der Waals surface area (Å²) in [6.07, 6.45) is 8.82. The van der Waals surface area contributed by atoms with E-state index in [-0.39, 0.29) is 0 Å². The molecule has 2 unspecified atom stereocenters. The van der Waals surface area contributed by atoms with Gasteiger partial charge in [-0.05, 0) is 25.3 Å². The van der Waals surface area contributed by atoms with Crippen molar-refractivity contribution in [1.82, 2.24) is 9.97 Å². The summed E-state index contributed by atoms with van der Waals surface area (Å²) in [6.45, 7) is 1.84. The summed E-state index contributed by atoms with van der Waals surface area (Å²) >= 11 is 0. The van der Waals surface area contributed by atoms with Gasteiger partial charge in [0.1, 0.15) is 12.1 Å². The number of fused-ring (bicyclic) bond motifs is 1. The lowest BCUT2D eigenvalue weighted by molar-refractivity contribution is -0.0613. The van der Waals surface area contributed by atoms with Crippen LogP contribution in [0.1, 0.15) is 32.1 Å².